The Hall–Kier alpha value is -1.02. The first-order chi connectivity index (χ1) is 7.97. The van der Waals surface area contributed by atoms with Crippen molar-refractivity contribution in [3.8, 4) is 5.75 Å². The van der Waals surface area contributed by atoms with E-state index in [-0.39, 0.29) is 5.54 Å². The van der Waals surface area contributed by atoms with E-state index in [1.807, 2.05) is 0 Å². The summed E-state index contributed by atoms with van der Waals surface area (Å²) in [4.78, 5) is 0. The van der Waals surface area contributed by atoms with Gasteiger partial charge in [-0.1, -0.05) is 26.0 Å². The van der Waals surface area contributed by atoms with Crippen molar-refractivity contribution in [1.82, 2.24) is 0 Å². The summed E-state index contributed by atoms with van der Waals surface area (Å²) in [5.41, 5.74) is 10.2. The predicted octanol–water partition coefficient (Wildman–Crippen LogP) is 3.16. The Bertz CT molecular complexity index is 419. The lowest BCUT2D eigenvalue weighted by atomic mass is 9.92. The first-order valence-corrected chi connectivity index (χ1v) is 6.42. The summed E-state index contributed by atoms with van der Waals surface area (Å²) in [6, 6.07) is 4.37. The molecule has 94 valence electrons. The van der Waals surface area contributed by atoms with Gasteiger partial charge >= 0.3 is 0 Å². The van der Waals surface area contributed by atoms with Gasteiger partial charge in [-0.2, -0.15) is 0 Å². The molecule has 17 heavy (non-hydrogen) atoms. The molecule has 0 unspecified atom stereocenters. The fourth-order valence-corrected chi connectivity index (χ4v) is 2.35. The average Bonchev–Trinajstić information content (AvgIpc) is 2.99. The maximum absolute atomic E-state index is 6.24. The highest BCUT2D eigenvalue weighted by atomic mass is 16.5. The zero-order chi connectivity index (χ0) is 12.6. The van der Waals surface area contributed by atoms with Gasteiger partial charge < -0.3 is 10.5 Å². The van der Waals surface area contributed by atoms with E-state index in [2.05, 4.69) is 32.9 Å². The lowest BCUT2D eigenvalue weighted by Gasteiger charge is -2.20. The standard InChI is InChI=1S/C15H23NO/c1-10(2)12-6-5-11(3)13(14(12)17-4)9-15(16)7-8-15/h5-6,10H,7-9,16H2,1-4H3. The fraction of sp³-hybridized carbons (Fsp3) is 0.600. The minimum Gasteiger partial charge on any atom is -0.496 e. The molecule has 2 N–H and O–H groups in total. The highest BCUT2D eigenvalue weighted by Crippen LogP contribution is 2.41. The molecule has 0 bridgehead atoms. The highest BCUT2D eigenvalue weighted by Gasteiger charge is 2.39. The lowest BCUT2D eigenvalue weighted by Crippen LogP contribution is -2.25. The Morgan fingerprint density at radius 3 is 2.47 bits per heavy atom. The predicted molar refractivity (Wildman–Crippen MR) is 71.7 cm³/mol. The molecule has 0 aromatic heterocycles. The minimum absolute atomic E-state index is 0.0354. The Kier molecular flexibility index (Phi) is 3.17. The van der Waals surface area contributed by atoms with Crippen LogP contribution in [0.5, 0.6) is 5.75 Å². The van der Waals surface area contributed by atoms with Crippen LogP contribution in [0.15, 0.2) is 12.1 Å². The van der Waals surface area contributed by atoms with Crippen molar-refractivity contribution in [3.05, 3.63) is 28.8 Å². The second kappa shape index (κ2) is 4.34. The fourth-order valence-electron chi connectivity index (χ4n) is 2.35. The SMILES string of the molecule is COc1c(C(C)C)ccc(C)c1CC1(N)CC1. The zero-order valence-corrected chi connectivity index (χ0v) is 11.3. The van der Waals surface area contributed by atoms with Gasteiger partial charge in [0.1, 0.15) is 5.75 Å². The number of ether oxygens (including phenoxy) is 1. The highest BCUT2D eigenvalue weighted by molar-refractivity contribution is 5.48. The van der Waals surface area contributed by atoms with Crippen molar-refractivity contribution >= 4 is 0 Å². The Labute approximate surface area is 104 Å². The molecule has 0 atom stereocenters. The monoisotopic (exact) mass is 233 g/mol. The molecule has 2 nitrogen and oxygen atoms in total. The average molecular weight is 233 g/mol. The molecular formula is C15H23NO. The van der Waals surface area contributed by atoms with E-state index < -0.39 is 0 Å². The number of methoxy groups -OCH3 is 1. The van der Waals surface area contributed by atoms with Crippen molar-refractivity contribution in [2.24, 2.45) is 5.73 Å². The smallest absolute Gasteiger partial charge is 0.125 e. The van der Waals surface area contributed by atoms with E-state index in [9.17, 15) is 0 Å². The molecule has 1 fully saturated rings. The summed E-state index contributed by atoms with van der Waals surface area (Å²) in [6.45, 7) is 6.55. The van der Waals surface area contributed by atoms with Crippen LogP contribution >= 0.6 is 0 Å². The van der Waals surface area contributed by atoms with Gasteiger partial charge in [0.2, 0.25) is 0 Å². The first-order valence-electron chi connectivity index (χ1n) is 6.42. The third kappa shape index (κ3) is 2.47. The van der Waals surface area contributed by atoms with Crippen LogP contribution in [0.4, 0.5) is 0 Å². The molecule has 0 saturated heterocycles. The summed E-state index contributed by atoms with van der Waals surface area (Å²) < 4.78 is 5.64. The Morgan fingerprint density at radius 2 is 2.00 bits per heavy atom. The summed E-state index contributed by atoms with van der Waals surface area (Å²) in [5.74, 6) is 1.54. The number of nitrogens with two attached hydrogens (primary N) is 1. The summed E-state index contributed by atoms with van der Waals surface area (Å²) >= 11 is 0. The molecule has 1 saturated carbocycles. The third-order valence-electron chi connectivity index (χ3n) is 3.77. The third-order valence-corrected chi connectivity index (χ3v) is 3.77. The molecule has 0 radical (unpaired) electrons. The molecule has 0 spiro atoms. The largest absolute Gasteiger partial charge is 0.496 e. The van der Waals surface area contributed by atoms with Crippen LogP contribution in [0, 0.1) is 6.92 Å². The lowest BCUT2D eigenvalue weighted by molar-refractivity contribution is 0.399. The van der Waals surface area contributed by atoms with Gasteiger partial charge in [0, 0.05) is 5.54 Å². The number of aryl methyl sites for hydroxylation is 1. The van der Waals surface area contributed by atoms with Gasteiger partial charge in [-0.25, -0.2) is 0 Å². The number of hydrogen-bond acceptors (Lipinski definition) is 2. The van der Waals surface area contributed by atoms with Crippen LogP contribution in [-0.4, -0.2) is 12.6 Å². The molecule has 2 heteroatoms. The van der Waals surface area contributed by atoms with Crippen molar-refractivity contribution in [2.45, 2.75) is 51.5 Å². The molecule has 1 aliphatic rings. The summed E-state index contributed by atoms with van der Waals surface area (Å²) in [7, 11) is 1.76. The van der Waals surface area contributed by atoms with Gasteiger partial charge in [-0.3, -0.25) is 0 Å². The van der Waals surface area contributed by atoms with Gasteiger partial charge in [0.05, 0.1) is 7.11 Å². The minimum atomic E-state index is 0.0354. The van der Waals surface area contributed by atoms with E-state index in [1.165, 1.54) is 16.7 Å². The molecular weight excluding hydrogens is 210 g/mol. The first kappa shape index (κ1) is 12.4. The van der Waals surface area contributed by atoms with Crippen LogP contribution in [0.3, 0.4) is 0 Å². The van der Waals surface area contributed by atoms with Crippen molar-refractivity contribution < 1.29 is 4.74 Å². The molecule has 1 aromatic rings. The Balaban J connectivity index is 2.43. The molecule has 0 heterocycles. The molecule has 0 aliphatic heterocycles. The van der Waals surface area contributed by atoms with Gasteiger partial charge in [0.15, 0.2) is 0 Å². The van der Waals surface area contributed by atoms with E-state index in [0.29, 0.717) is 5.92 Å². The van der Waals surface area contributed by atoms with E-state index >= 15 is 0 Å². The Morgan fingerprint density at radius 1 is 1.35 bits per heavy atom. The second-order valence-electron chi connectivity index (χ2n) is 5.68. The van der Waals surface area contributed by atoms with E-state index in [0.717, 1.165) is 25.0 Å². The van der Waals surface area contributed by atoms with Gasteiger partial charge in [-0.15, -0.1) is 0 Å². The van der Waals surface area contributed by atoms with Crippen molar-refractivity contribution in [1.29, 1.82) is 0 Å². The van der Waals surface area contributed by atoms with Crippen LogP contribution < -0.4 is 10.5 Å². The normalized spacial score (nSPS) is 17.3. The molecule has 1 aliphatic carbocycles. The molecule has 0 amide bonds. The molecule has 2 rings (SSSR count). The van der Waals surface area contributed by atoms with Crippen LogP contribution in [0.2, 0.25) is 0 Å². The second-order valence-corrected chi connectivity index (χ2v) is 5.68. The van der Waals surface area contributed by atoms with E-state index in [4.69, 9.17) is 10.5 Å². The number of hydrogen-bond donors (Lipinski definition) is 1. The van der Waals surface area contributed by atoms with Crippen molar-refractivity contribution in [2.75, 3.05) is 7.11 Å². The number of benzene rings is 1. The van der Waals surface area contributed by atoms with Crippen LogP contribution in [0.1, 0.15) is 49.3 Å². The summed E-state index contributed by atoms with van der Waals surface area (Å²) in [6.07, 6.45) is 3.23. The topological polar surface area (TPSA) is 35.2 Å². The maximum Gasteiger partial charge on any atom is 0.125 e. The number of rotatable bonds is 4. The molecule has 1 aromatic carbocycles. The van der Waals surface area contributed by atoms with E-state index in [1.54, 1.807) is 7.11 Å². The van der Waals surface area contributed by atoms with Crippen LogP contribution in [0.25, 0.3) is 0 Å². The zero-order valence-electron chi connectivity index (χ0n) is 11.3. The summed E-state index contributed by atoms with van der Waals surface area (Å²) in [5, 5.41) is 0. The van der Waals surface area contributed by atoms with Gasteiger partial charge in [-0.05, 0) is 48.8 Å². The van der Waals surface area contributed by atoms with Crippen LogP contribution in [-0.2, 0) is 6.42 Å². The van der Waals surface area contributed by atoms with Gasteiger partial charge in [0.25, 0.3) is 0 Å². The quantitative estimate of drug-likeness (QED) is 0.867. The maximum atomic E-state index is 6.24. The van der Waals surface area contributed by atoms with Crippen molar-refractivity contribution in [3.63, 3.8) is 0 Å².